The number of ether oxygens (including phenoxy) is 1. The average molecular weight is 487 g/mol. The molecule has 34 heavy (non-hydrogen) atoms. The first kappa shape index (κ1) is 23.1. The van der Waals surface area contributed by atoms with Crippen molar-refractivity contribution in [3.05, 3.63) is 112 Å². The number of nitrogens with one attached hydrogen (secondary N) is 1. The molecule has 0 fully saturated rings. The van der Waals surface area contributed by atoms with Crippen LogP contribution in [0.1, 0.15) is 15.9 Å². The predicted molar refractivity (Wildman–Crippen MR) is 134 cm³/mol. The summed E-state index contributed by atoms with van der Waals surface area (Å²) in [4.78, 5) is 25.4. The van der Waals surface area contributed by atoms with E-state index in [-0.39, 0.29) is 27.1 Å². The van der Waals surface area contributed by atoms with Crippen molar-refractivity contribution in [1.29, 1.82) is 5.26 Å². The third kappa shape index (κ3) is 5.10. The highest BCUT2D eigenvalue weighted by Gasteiger charge is 2.15. The van der Waals surface area contributed by atoms with Crippen LogP contribution < -0.4 is 10.1 Å². The molecule has 0 spiro atoms. The molecule has 0 heterocycles. The first-order valence-electron chi connectivity index (χ1n) is 10.1. The number of hydrogen-bond donors (Lipinski definition) is 1. The Morgan fingerprint density at radius 3 is 2.32 bits per heavy atom. The summed E-state index contributed by atoms with van der Waals surface area (Å²) in [6.45, 7) is 0. The van der Waals surface area contributed by atoms with Crippen molar-refractivity contribution in [2.24, 2.45) is 0 Å². The molecule has 0 radical (unpaired) electrons. The van der Waals surface area contributed by atoms with E-state index in [1.807, 2.05) is 36.4 Å². The number of carbonyl (C=O) groups excluding carboxylic acids is 2. The third-order valence-corrected chi connectivity index (χ3v) is 5.59. The van der Waals surface area contributed by atoms with Gasteiger partial charge in [0.05, 0.1) is 21.3 Å². The van der Waals surface area contributed by atoms with Crippen molar-refractivity contribution in [2.75, 3.05) is 5.32 Å². The van der Waals surface area contributed by atoms with E-state index in [4.69, 9.17) is 27.9 Å². The molecule has 0 atom stereocenters. The van der Waals surface area contributed by atoms with E-state index in [0.717, 1.165) is 10.8 Å². The lowest BCUT2D eigenvalue weighted by molar-refractivity contribution is -0.112. The van der Waals surface area contributed by atoms with Gasteiger partial charge in [0, 0.05) is 0 Å². The van der Waals surface area contributed by atoms with Crippen molar-refractivity contribution in [3.8, 4) is 11.8 Å². The van der Waals surface area contributed by atoms with Crippen molar-refractivity contribution in [3.63, 3.8) is 0 Å². The Kier molecular flexibility index (Phi) is 6.93. The number of nitrogens with zero attached hydrogens (tertiary/aromatic N) is 1. The molecule has 0 aliphatic carbocycles. The van der Waals surface area contributed by atoms with E-state index in [9.17, 15) is 14.9 Å². The van der Waals surface area contributed by atoms with Crippen molar-refractivity contribution in [2.45, 2.75) is 0 Å². The first-order valence-corrected chi connectivity index (χ1v) is 10.9. The Balaban J connectivity index is 1.56. The number of hydrogen-bond acceptors (Lipinski definition) is 4. The monoisotopic (exact) mass is 486 g/mol. The molecule has 7 heteroatoms. The maximum atomic E-state index is 12.8. The van der Waals surface area contributed by atoms with Crippen LogP contribution in [0.5, 0.6) is 5.75 Å². The molecular formula is C27H16Cl2N2O3. The summed E-state index contributed by atoms with van der Waals surface area (Å²) in [7, 11) is 0. The molecule has 0 aliphatic heterocycles. The zero-order valence-corrected chi connectivity index (χ0v) is 19.1. The summed E-state index contributed by atoms with van der Waals surface area (Å²) in [5.74, 6) is -0.904. The molecule has 4 rings (SSSR count). The fourth-order valence-electron chi connectivity index (χ4n) is 3.35. The van der Waals surface area contributed by atoms with Crippen LogP contribution in [0.15, 0.2) is 90.5 Å². The van der Waals surface area contributed by atoms with Crippen LogP contribution >= 0.6 is 23.2 Å². The third-order valence-electron chi connectivity index (χ3n) is 4.96. The van der Waals surface area contributed by atoms with Crippen LogP contribution in [0.25, 0.3) is 16.8 Å². The molecule has 0 aromatic heterocycles. The maximum absolute atomic E-state index is 12.8. The van der Waals surface area contributed by atoms with E-state index in [0.29, 0.717) is 11.1 Å². The Bertz CT molecular complexity index is 1460. The van der Waals surface area contributed by atoms with Gasteiger partial charge in [0.15, 0.2) is 0 Å². The van der Waals surface area contributed by atoms with Gasteiger partial charge in [-0.15, -0.1) is 0 Å². The molecule has 4 aromatic carbocycles. The summed E-state index contributed by atoms with van der Waals surface area (Å²) in [6, 6.07) is 26.1. The van der Waals surface area contributed by atoms with Crippen LogP contribution in [0.4, 0.5) is 5.69 Å². The molecule has 0 unspecified atom stereocenters. The molecular weight excluding hydrogens is 471 g/mol. The lowest BCUT2D eigenvalue weighted by Gasteiger charge is -2.09. The van der Waals surface area contributed by atoms with Crippen molar-refractivity contribution >= 4 is 57.6 Å². The van der Waals surface area contributed by atoms with Crippen LogP contribution in [0.2, 0.25) is 10.0 Å². The quantitative estimate of drug-likeness (QED) is 0.144. The minimum Gasteiger partial charge on any atom is -0.423 e. The highest BCUT2D eigenvalue weighted by Crippen LogP contribution is 2.30. The van der Waals surface area contributed by atoms with Gasteiger partial charge < -0.3 is 10.1 Å². The number of halogens is 2. The fraction of sp³-hybridized carbons (Fsp3) is 0. The number of para-hydroxylation sites is 1. The smallest absolute Gasteiger partial charge is 0.344 e. The highest BCUT2D eigenvalue weighted by molar-refractivity contribution is 6.40. The molecule has 1 amide bonds. The Morgan fingerprint density at radius 2 is 1.56 bits per heavy atom. The summed E-state index contributed by atoms with van der Waals surface area (Å²) < 4.78 is 5.57. The van der Waals surface area contributed by atoms with E-state index in [1.165, 1.54) is 6.08 Å². The average Bonchev–Trinajstić information content (AvgIpc) is 2.84. The van der Waals surface area contributed by atoms with Gasteiger partial charge >= 0.3 is 5.97 Å². The van der Waals surface area contributed by atoms with E-state index in [1.54, 1.807) is 54.6 Å². The van der Waals surface area contributed by atoms with Gasteiger partial charge in [-0.3, -0.25) is 4.79 Å². The van der Waals surface area contributed by atoms with Crippen molar-refractivity contribution in [1.82, 2.24) is 0 Å². The van der Waals surface area contributed by atoms with Gasteiger partial charge in [0.25, 0.3) is 5.91 Å². The number of rotatable bonds is 5. The number of anilines is 1. The molecule has 0 bridgehead atoms. The van der Waals surface area contributed by atoms with E-state index in [2.05, 4.69) is 5.32 Å². The largest absolute Gasteiger partial charge is 0.423 e. The Hall–Kier alpha value is -4.11. The summed E-state index contributed by atoms with van der Waals surface area (Å²) >= 11 is 12.2. The van der Waals surface area contributed by atoms with Gasteiger partial charge in [0.1, 0.15) is 17.4 Å². The number of nitriles is 1. The second-order valence-electron chi connectivity index (χ2n) is 7.21. The first-order chi connectivity index (χ1) is 16.5. The minimum atomic E-state index is -0.671. The second kappa shape index (κ2) is 10.2. The van der Waals surface area contributed by atoms with Gasteiger partial charge in [0.2, 0.25) is 0 Å². The maximum Gasteiger partial charge on any atom is 0.344 e. The van der Waals surface area contributed by atoms with Gasteiger partial charge in [-0.1, -0.05) is 77.8 Å². The number of amides is 1. The van der Waals surface area contributed by atoms with E-state index >= 15 is 0 Å². The minimum absolute atomic E-state index is 0.173. The van der Waals surface area contributed by atoms with Gasteiger partial charge in [-0.25, -0.2) is 4.79 Å². The normalized spacial score (nSPS) is 11.0. The zero-order chi connectivity index (χ0) is 24.1. The van der Waals surface area contributed by atoms with Crippen molar-refractivity contribution < 1.29 is 14.3 Å². The molecule has 0 saturated heterocycles. The van der Waals surface area contributed by atoms with Gasteiger partial charge in [-0.2, -0.15) is 5.26 Å². The SMILES string of the molecule is N#C/C(=C\c1cccc(OC(=O)c2cccc3ccccc23)c1)C(=O)Nc1c(Cl)cccc1Cl. The Morgan fingerprint density at radius 1 is 0.882 bits per heavy atom. The number of fused-ring (bicyclic) bond motifs is 1. The lowest BCUT2D eigenvalue weighted by Crippen LogP contribution is -2.14. The number of benzene rings is 4. The Labute approximate surface area is 205 Å². The highest BCUT2D eigenvalue weighted by atomic mass is 35.5. The summed E-state index contributed by atoms with van der Waals surface area (Å²) in [5.41, 5.74) is 0.983. The second-order valence-corrected chi connectivity index (χ2v) is 8.02. The topological polar surface area (TPSA) is 79.2 Å². The number of esters is 1. The molecule has 166 valence electrons. The fourth-order valence-corrected chi connectivity index (χ4v) is 3.84. The zero-order valence-electron chi connectivity index (χ0n) is 17.6. The van der Waals surface area contributed by atoms with E-state index < -0.39 is 11.9 Å². The molecule has 5 nitrogen and oxygen atoms in total. The molecule has 0 aliphatic rings. The number of carbonyl (C=O) groups is 2. The summed E-state index contributed by atoms with van der Waals surface area (Å²) in [5, 5.41) is 14.3. The van der Waals surface area contributed by atoms with Crippen LogP contribution in [0.3, 0.4) is 0 Å². The van der Waals surface area contributed by atoms with Crippen LogP contribution in [-0.2, 0) is 4.79 Å². The molecule has 0 saturated carbocycles. The molecule has 1 N–H and O–H groups in total. The lowest BCUT2D eigenvalue weighted by atomic mass is 10.0. The summed E-state index contributed by atoms with van der Waals surface area (Å²) in [6.07, 6.45) is 1.38. The molecule has 4 aromatic rings. The van der Waals surface area contributed by atoms with Crippen LogP contribution in [-0.4, -0.2) is 11.9 Å². The standard InChI is InChI=1S/C27H16Cl2N2O3/c28-23-12-5-13-24(29)25(23)31-26(32)19(16-30)14-17-6-3-9-20(15-17)34-27(33)22-11-4-8-18-7-1-2-10-21(18)22/h1-15H,(H,31,32)/b19-14+. The predicted octanol–water partition coefficient (Wildman–Crippen LogP) is 6.91. The van der Waals surface area contributed by atoms with Crippen LogP contribution in [0, 0.1) is 11.3 Å². The van der Waals surface area contributed by atoms with Gasteiger partial charge in [-0.05, 0) is 52.7 Å².